The summed E-state index contributed by atoms with van der Waals surface area (Å²) in [5.41, 5.74) is 2.23. The van der Waals surface area contributed by atoms with Gasteiger partial charge in [0, 0.05) is 13.7 Å². The van der Waals surface area contributed by atoms with Gasteiger partial charge in [-0.25, -0.2) is 9.59 Å². The van der Waals surface area contributed by atoms with Crippen LogP contribution in [0.1, 0.15) is 62.6 Å². The molecule has 2 aromatic carbocycles. The Labute approximate surface area is 197 Å². The number of hydrogen-bond acceptors (Lipinski definition) is 4. The molecule has 0 aliphatic heterocycles. The molecule has 0 radical (unpaired) electrons. The first kappa shape index (κ1) is 26.4. The van der Waals surface area contributed by atoms with Gasteiger partial charge in [-0.15, -0.1) is 0 Å². The van der Waals surface area contributed by atoms with Gasteiger partial charge < -0.3 is 14.6 Å². The number of ether oxygens (including phenoxy) is 2. The van der Waals surface area contributed by atoms with Gasteiger partial charge in [0.05, 0.1) is 12.6 Å². The van der Waals surface area contributed by atoms with Gasteiger partial charge in [-0.05, 0) is 36.3 Å². The lowest BCUT2D eigenvalue weighted by Gasteiger charge is -2.32. The minimum atomic E-state index is -0.933. The van der Waals surface area contributed by atoms with E-state index in [2.05, 4.69) is 35.9 Å². The Morgan fingerprint density at radius 1 is 0.970 bits per heavy atom. The van der Waals surface area contributed by atoms with E-state index in [1.165, 1.54) is 39.2 Å². The van der Waals surface area contributed by atoms with E-state index < -0.39 is 5.97 Å². The van der Waals surface area contributed by atoms with Crippen molar-refractivity contribution in [2.75, 3.05) is 26.9 Å². The molecule has 1 aliphatic rings. The molecule has 2 aromatic rings. The molecule has 0 atom stereocenters. The normalized spacial score (nSPS) is 13.7. The van der Waals surface area contributed by atoms with E-state index in [1.54, 1.807) is 0 Å². The molecule has 180 valence electrons. The summed E-state index contributed by atoms with van der Waals surface area (Å²) in [4.78, 5) is 24.4. The molecule has 1 fully saturated rings. The first-order valence-electron chi connectivity index (χ1n) is 11.8. The first-order valence-corrected chi connectivity index (χ1v) is 11.8. The number of benzene rings is 2. The van der Waals surface area contributed by atoms with Gasteiger partial charge in [-0.3, -0.25) is 4.90 Å². The van der Waals surface area contributed by atoms with Crippen molar-refractivity contribution in [1.82, 2.24) is 4.90 Å². The number of carbonyl (C=O) groups is 2. The summed E-state index contributed by atoms with van der Waals surface area (Å²) in [6.45, 7) is 3.13. The summed E-state index contributed by atoms with van der Waals surface area (Å²) in [6, 6.07) is 20.4. The van der Waals surface area contributed by atoms with Crippen molar-refractivity contribution in [3.63, 3.8) is 0 Å². The highest BCUT2D eigenvalue weighted by Crippen LogP contribution is 2.30. The number of carboxylic acids is 1. The predicted octanol–water partition coefficient (Wildman–Crippen LogP) is 5.92. The van der Waals surface area contributed by atoms with Crippen LogP contribution < -0.4 is 0 Å². The zero-order valence-electron chi connectivity index (χ0n) is 19.8. The van der Waals surface area contributed by atoms with Gasteiger partial charge in [0.1, 0.15) is 6.61 Å². The molecule has 0 heterocycles. The average molecular weight is 456 g/mol. The van der Waals surface area contributed by atoms with E-state index >= 15 is 0 Å². The molecule has 33 heavy (non-hydrogen) atoms. The van der Waals surface area contributed by atoms with Gasteiger partial charge in [-0.1, -0.05) is 86.8 Å². The van der Waals surface area contributed by atoms with Crippen molar-refractivity contribution in [2.45, 2.75) is 51.5 Å². The highest BCUT2D eigenvalue weighted by atomic mass is 16.6. The molecule has 6 heteroatoms. The molecule has 1 aliphatic carbocycles. The van der Waals surface area contributed by atoms with Crippen molar-refractivity contribution in [1.29, 1.82) is 0 Å². The summed E-state index contributed by atoms with van der Waals surface area (Å²) in [6.07, 6.45) is 6.91. The van der Waals surface area contributed by atoms with E-state index in [0.29, 0.717) is 19.1 Å². The second kappa shape index (κ2) is 15.1. The fourth-order valence-corrected chi connectivity index (χ4v) is 4.14. The van der Waals surface area contributed by atoms with Crippen LogP contribution in [0.15, 0.2) is 60.7 Å². The van der Waals surface area contributed by atoms with Crippen LogP contribution in [0.4, 0.5) is 4.79 Å². The fourth-order valence-electron chi connectivity index (χ4n) is 4.14. The largest absolute Gasteiger partial charge is 0.480 e. The van der Waals surface area contributed by atoms with E-state index in [0.717, 1.165) is 17.5 Å². The second-order valence-electron chi connectivity index (χ2n) is 8.32. The van der Waals surface area contributed by atoms with E-state index in [1.807, 2.05) is 41.3 Å². The number of carbonyl (C=O) groups excluding carboxylic acids is 1. The minimum Gasteiger partial charge on any atom is -0.480 e. The summed E-state index contributed by atoms with van der Waals surface area (Å²) in [7, 11) is 1.34. The Hall–Kier alpha value is -2.86. The predicted molar refractivity (Wildman–Crippen MR) is 129 cm³/mol. The number of nitrogens with zero attached hydrogens (tertiary/aromatic N) is 1. The third-order valence-electron chi connectivity index (χ3n) is 5.68. The summed E-state index contributed by atoms with van der Waals surface area (Å²) in [5.74, 6) is -0.407. The SMILES string of the molecule is CCCN(C(=O)OCC1CCCCC1)C(c1ccccc1)c1ccccc1.COCC(=O)O. The second-order valence-corrected chi connectivity index (χ2v) is 8.32. The van der Waals surface area contributed by atoms with Crippen molar-refractivity contribution < 1.29 is 24.2 Å². The Morgan fingerprint density at radius 2 is 1.52 bits per heavy atom. The number of carboxylic acid groups (broad SMARTS) is 1. The van der Waals surface area contributed by atoms with Crippen molar-refractivity contribution in [3.05, 3.63) is 71.8 Å². The van der Waals surface area contributed by atoms with E-state index in [4.69, 9.17) is 9.84 Å². The van der Waals surface area contributed by atoms with Gasteiger partial charge in [0.15, 0.2) is 0 Å². The molecular weight excluding hydrogens is 418 g/mol. The van der Waals surface area contributed by atoms with Crippen molar-refractivity contribution in [2.24, 2.45) is 5.92 Å². The molecule has 1 N–H and O–H groups in total. The molecule has 0 unspecified atom stereocenters. The lowest BCUT2D eigenvalue weighted by atomic mass is 9.90. The van der Waals surface area contributed by atoms with Crippen LogP contribution in [0.25, 0.3) is 0 Å². The number of hydrogen-bond donors (Lipinski definition) is 1. The number of rotatable bonds is 9. The minimum absolute atomic E-state index is 0.119. The maximum Gasteiger partial charge on any atom is 0.410 e. The van der Waals surface area contributed by atoms with Crippen molar-refractivity contribution >= 4 is 12.1 Å². The Kier molecular flexibility index (Phi) is 12.0. The molecule has 1 saturated carbocycles. The zero-order chi connectivity index (χ0) is 23.9. The first-order chi connectivity index (χ1) is 16.1. The van der Waals surface area contributed by atoms with Gasteiger partial charge in [-0.2, -0.15) is 0 Å². The Morgan fingerprint density at radius 3 is 1.94 bits per heavy atom. The molecule has 0 saturated heterocycles. The van der Waals surface area contributed by atoms with Crippen LogP contribution in [0, 0.1) is 5.92 Å². The van der Waals surface area contributed by atoms with Crippen LogP contribution in [0.2, 0.25) is 0 Å². The highest BCUT2D eigenvalue weighted by molar-refractivity contribution is 5.69. The van der Waals surface area contributed by atoms with Gasteiger partial charge in [0.2, 0.25) is 0 Å². The molecule has 0 bridgehead atoms. The monoisotopic (exact) mass is 455 g/mol. The van der Waals surface area contributed by atoms with Gasteiger partial charge >= 0.3 is 12.1 Å². The third kappa shape index (κ3) is 9.26. The number of amides is 1. The zero-order valence-corrected chi connectivity index (χ0v) is 19.8. The Balaban J connectivity index is 0.000000569. The molecule has 3 rings (SSSR count). The molecule has 0 spiro atoms. The van der Waals surface area contributed by atoms with Crippen LogP contribution in [0.5, 0.6) is 0 Å². The number of methoxy groups -OCH3 is 1. The van der Waals surface area contributed by atoms with Crippen LogP contribution in [-0.2, 0) is 14.3 Å². The molecule has 1 amide bonds. The quantitative estimate of drug-likeness (QED) is 0.508. The maximum atomic E-state index is 13.1. The fraction of sp³-hybridized carbons (Fsp3) is 0.481. The average Bonchev–Trinajstić information content (AvgIpc) is 2.84. The lowest BCUT2D eigenvalue weighted by molar-refractivity contribution is -0.141. The van der Waals surface area contributed by atoms with E-state index in [9.17, 15) is 9.59 Å². The highest BCUT2D eigenvalue weighted by Gasteiger charge is 2.28. The molecule has 6 nitrogen and oxygen atoms in total. The number of aliphatic carboxylic acids is 1. The van der Waals surface area contributed by atoms with Crippen LogP contribution >= 0.6 is 0 Å². The van der Waals surface area contributed by atoms with Crippen LogP contribution in [-0.4, -0.2) is 48.9 Å². The standard InChI is InChI=1S/C24H31NO2.C3H6O3/c1-2-18-25(24(26)27-19-20-12-6-3-7-13-20)23(21-14-8-4-9-15-21)22-16-10-5-11-17-22;1-6-2-3(4)5/h4-5,8-11,14-17,20,23H,2-3,6-7,12-13,18-19H2,1H3;2H2,1H3,(H,4,5). The van der Waals surface area contributed by atoms with Crippen LogP contribution in [0.3, 0.4) is 0 Å². The summed E-state index contributed by atoms with van der Waals surface area (Å²) in [5, 5.41) is 7.79. The molecular formula is C27H37NO5. The summed E-state index contributed by atoms with van der Waals surface area (Å²) < 4.78 is 10.0. The summed E-state index contributed by atoms with van der Waals surface area (Å²) >= 11 is 0. The third-order valence-corrected chi connectivity index (χ3v) is 5.68. The smallest absolute Gasteiger partial charge is 0.410 e. The lowest BCUT2D eigenvalue weighted by Crippen LogP contribution is -2.37. The van der Waals surface area contributed by atoms with Gasteiger partial charge in [0.25, 0.3) is 0 Å². The van der Waals surface area contributed by atoms with Crippen molar-refractivity contribution in [3.8, 4) is 0 Å². The topological polar surface area (TPSA) is 76.1 Å². The molecule has 0 aromatic heterocycles. The maximum absolute atomic E-state index is 13.1. The van der Waals surface area contributed by atoms with E-state index in [-0.39, 0.29) is 18.7 Å². The Bertz CT molecular complexity index is 766.